The lowest BCUT2D eigenvalue weighted by Crippen LogP contribution is -2.04. The van der Waals surface area contributed by atoms with E-state index in [2.05, 4.69) is 21.6 Å². The second kappa shape index (κ2) is 7.80. The van der Waals surface area contributed by atoms with E-state index in [9.17, 15) is 9.59 Å². The third kappa shape index (κ3) is 3.77. The molecule has 0 atom stereocenters. The number of benzene rings is 1. The van der Waals surface area contributed by atoms with E-state index in [1.54, 1.807) is 17.7 Å². The zero-order chi connectivity index (χ0) is 16.7. The van der Waals surface area contributed by atoms with Gasteiger partial charge < -0.3 is 9.47 Å². The third-order valence-corrected chi connectivity index (χ3v) is 3.12. The van der Waals surface area contributed by atoms with Gasteiger partial charge in [0.15, 0.2) is 12.1 Å². The van der Waals surface area contributed by atoms with Crippen LogP contribution in [0.1, 0.15) is 29.2 Å². The topological polar surface area (TPSA) is 70.4 Å². The van der Waals surface area contributed by atoms with Crippen LogP contribution >= 0.6 is 0 Å². The summed E-state index contributed by atoms with van der Waals surface area (Å²) in [6, 6.07) is 7.27. The van der Waals surface area contributed by atoms with Gasteiger partial charge in [0.25, 0.3) is 0 Å². The minimum absolute atomic E-state index is 0.208. The van der Waals surface area contributed by atoms with Crippen LogP contribution in [0.25, 0.3) is 5.69 Å². The summed E-state index contributed by atoms with van der Waals surface area (Å²) in [7, 11) is 2.89. The van der Waals surface area contributed by atoms with Crippen molar-refractivity contribution in [2.24, 2.45) is 0 Å². The highest BCUT2D eigenvalue weighted by Crippen LogP contribution is 2.24. The largest absolute Gasteiger partial charge is 0.495 e. The van der Waals surface area contributed by atoms with E-state index >= 15 is 0 Å². The molecule has 1 aromatic carbocycles. The number of aldehydes is 1. The van der Waals surface area contributed by atoms with Gasteiger partial charge in [0.05, 0.1) is 32.5 Å². The summed E-state index contributed by atoms with van der Waals surface area (Å²) >= 11 is 0. The average Bonchev–Trinajstić information content (AvgIpc) is 3.01. The molecule has 0 aliphatic carbocycles. The molecule has 0 amide bonds. The minimum atomic E-state index is -0.319. The van der Waals surface area contributed by atoms with Crippen LogP contribution in [0.15, 0.2) is 30.5 Å². The number of carbonyl (C=O) groups excluding carboxylic acids is 2. The number of esters is 1. The molecule has 1 heterocycles. The maximum Gasteiger partial charge on any atom is 0.306 e. The number of hydrogen-bond donors (Lipinski definition) is 0. The normalized spacial score (nSPS) is 9.65. The molecule has 0 fully saturated rings. The summed E-state index contributed by atoms with van der Waals surface area (Å²) in [5.41, 5.74) is 1.04. The highest BCUT2D eigenvalue weighted by Gasteiger charge is 2.13. The van der Waals surface area contributed by atoms with Crippen molar-refractivity contribution in [2.45, 2.75) is 12.8 Å². The van der Waals surface area contributed by atoms with Crippen molar-refractivity contribution in [2.75, 3.05) is 14.2 Å². The molecular formula is C17H16N2O4. The Morgan fingerprint density at radius 3 is 2.83 bits per heavy atom. The summed E-state index contributed by atoms with van der Waals surface area (Å²) in [5.74, 6) is 6.43. The number of rotatable bonds is 5. The maximum absolute atomic E-state index is 11.3. The number of hydrogen-bond acceptors (Lipinski definition) is 5. The molecule has 2 rings (SSSR count). The second-order valence-corrected chi connectivity index (χ2v) is 4.51. The molecule has 0 bridgehead atoms. The zero-order valence-corrected chi connectivity index (χ0v) is 12.9. The molecule has 1 aromatic heterocycles. The van der Waals surface area contributed by atoms with E-state index in [0.29, 0.717) is 35.7 Å². The Morgan fingerprint density at radius 1 is 1.35 bits per heavy atom. The maximum atomic E-state index is 11.3. The standard InChI is InChI=1S/C17H16N2O4/c1-22-15-8-4-3-7-14(15)19-13(12-20)11-18-16(19)9-5-6-10-17(21)23-2/h3-4,7-8,11-12H,6,10H2,1-2H3. The summed E-state index contributed by atoms with van der Waals surface area (Å²) < 4.78 is 11.5. The summed E-state index contributed by atoms with van der Waals surface area (Å²) in [4.78, 5) is 26.5. The van der Waals surface area contributed by atoms with Crippen molar-refractivity contribution < 1.29 is 19.1 Å². The molecule has 0 aliphatic heterocycles. The molecule has 2 aromatic rings. The Balaban J connectivity index is 2.36. The van der Waals surface area contributed by atoms with Gasteiger partial charge in [-0.1, -0.05) is 18.1 Å². The van der Waals surface area contributed by atoms with Crippen LogP contribution in [0.2, 0.25) is 0 Å². The lowest BCUT2D eigenvalue weighted by Gasteiger charge is -2.11. The minimum Gasteiger partial charge on any atom is -0.495 e. The zero-order valence-electron chi connectivity index (χ0n) is 12.9. The van der Waals surface area contributed by atoms with Gasteiger partial charge in [-0.3, -0.25) is 14.2 Å². The van der Waals surface area contributed by atoms with Crippen LogP contribution in [-0.4, -0.2) is 36.0 Å². The molecule has 6 nitrogen and oxygen atoms in total. The van der Waals surface area contributed by atoms with E-state index in [4.69, 9.17) is 4.74 Å². The van der Waals surface area contributed by atoms with Gasteiger partial charge in [0.2, 0.25) is 0 Å². The monoisotopic (exact) mass is 312 g/mol. The van der Waals surface area contributed by atoms with Crippen LogP contribution in [0, 0.1) is 11.8 Å². The molecule has 0 unspecified atom stereocenters. The average molecular weight is 312 g/mol. The molecule has 0 saturated carbocycles. The SMILES string of the molecule is COC(=O)CCC#Cc1ncc(C=O)n1-c1ccccc1OC. The molecule has 118 valence electrons. The first kappa shape index (κ1) is 16.3. The summed E-state index contributed by atoms with van der Waals surface area (Å²) in [6.45, 7) is 0. The highest BCUT2D eigenvalue weighted by molar-refractivity contribution is 5.74. The van der Waals surface area contributed by atoms with E-state index in [0.717, 1.165) is 0 Å². The Hall–Kier alpha value is -3.07. The van der Waals surface area contributed by atoms with Crippen LogP contribution in [0.3, 0.4) is 0 Å². The number of methoxy groups -OCH3 is 2. The summed E-state index contributed by atoms with van der Waals surface area (Å²) in [5, 5.41) is 0. The quantitative estimate of drug-likeness (QED) is 0.480. The number of imidazole rings is 1. The number of para-hydroxylation sites is 2. The van der Waals surface area contributed by atoms with Gasteiger partial charge >= 0.3 is 5.97 Å². The Kier molecular flexibility index (Phi) is 5.53. The van der Waals surface area contributed by atoms with Gasteiger partial charge in [0, 0.05) is 6.42 Å². The van der Waals surface area contributed by atoms with Crippen LogP contribution in [-0.2, 0) is 9.53 Å². The van der Waals surface area contributed by atoms with E-state index < -0.39 is 0 Å². The number of aromatic nitrogens is 2. The lowest BCUT2D eigenvalue weighted by molar-refractivity contribution is -0.140. The van der Waals surface area contributed by atoms with Crippen molar-refractivity contribution in [1.29, 1.82) is 0 Å². The van der Waals surface area contributed by atoms with Crippen LogP contribution in [0.5, 0.6) is 5.75 Å². The first-order valence-electron chi connectivity index (χ1n) is 6.93. The molecule has 0 spiro atoms. The highest BCUT2D eigenvalue weighted by atomic mass is 16.5. The number of carbonyl (C=O) groups is 2. The van der Waals surface area contributed by atoms with Gasteiger partial charge in [0.1, 0.15) is 11.4 Å². The van der Waals surface area contributed by atoms with Crippen molar-refractivity contribution in [3.8, 4) is 23.3 Å². The molecule has 0 aliphatic rings. The molecule has 23 heavy (non-hydrogen) atoms. The van der Waals surface area contributed by atoms with E-state index in [-0.39, 0.29) is 12.4 Å². The second-order valence-electron chi connectivity index (χ2n) is 4.51. The fraction of sp³-hybridized carbons (Fsp3) is 0.235. The number of nitrogens with zero attached hydrogens (tertiary/aromatic N) is 2. The molecule has 0 saturated heterocycles. The predicted molar refractivity (Wildman–Crippen MR) is 83.6 cm³/mol. The number of ether oxygens (including phenoxy) is 2. The van der Waals surface area contributed by atoms with Crippen molar-refractivity contribution in [3.05, 3.63) is 42.0 Å². The third-order valence-electron chi connectivity index (χ3n) is 3.12. The molecular weight excluding hydrogens is 296 g/mol. The van der Waals surface area contributed by atoms with Gasteiger partial charge in [-0.25, -0.2) is 4.98 Å². The van der Waals surface area contributed by atoms with Crippen LogP contribution in [0.4, 0.5) is 0 Å². The molecule has 6 heteroatoms. The Labute approximate surface area is 134 Å². The van der Waals surface area contributed by atoms with E-state index in [1.807, 2.05) is 18.2 Å². The predicted octanol–water partition coefficient (Wildman–Crippen LogP) is 2.00. The van der Waals surface area contributed by atoms with Crippen molar-refractivity contribution in [1.82, 2.24) is 9.55 Å². The van der Waals surface area contributed by atoms with Crippen molar-refractivity contribution >= 4 is 12.3 Å². The smallest absolute Gasteiger partial charge is 0.306 e. The van der Waals surface area contributed by atoms with Gasteiger partial charge in [-0.05, 0) is 18.1 Å². The van der Waals surface area contributed by atoms with Crippen LogP contribution < -0.4 is 4.74 Å². The van der Waals surface area contributed by atoms with Gasteiger partial charge in [-0.15, -0.1) is 0 Å². The molecule has 0 N–H and O–H groups in total. The molecule has 0 radical (unpaired) electrons. The van der Waals surface area contributed by atoms with Crippen molar-refractivity contribution in [3.63, 3.8) is 0 Å². The first-order valence-corrected chi connectivity index (χ1v) is 6.93. The summed E-state index contributed by atoms with van der Waals surface area (Å²) in [6.07, 6.45) is 2.71. The van der Waals surface area contributed by atoms with Gasteiger partial charge in [-0.2, -0.15) is 0 Å². The Morgan fingerprint density at radius 2 is 2.13 bits per heavy atom. The van der Waals surface area contributed by atoms with E-state index in [1.165, 1.54) is 13.3 Å². The Bertz CT molecular complexity index is 768. The lowest BCUT2D eigenvalue weighted by atomic mass is 10.2. The fourth-order valence-electron chi connectivity index (χ4n) is 2.01. The fourth-order valence-corrected chi connectivity index (χ4v) is 2.01. The first-order chi connectivity index (χ1) is 11.2.